The van der Waals surface area contributed by atoms with Crippen LogP contribution in [0.3, 0.4) is 0 Å². The van der Waals surface area contributed by atoms with Crippen LogP contribution in [0.15, 0.2) is 43.1 Å². The van der Waals surface area contributed by atoms with Crippen molar-refractivity contribution >= 4 is 29.4 Å². The monoisotopic (exact) mass is 507 g/mol. The van der Waals surface area contributed by atoms with E-state index in [1.54, 1.807) is 24.7 Å². The fourth-order valence-electron chi connectivity index (χ4n) is 4.38. The normalized spacial score (nSPS) is 16.5. The molecule has 0 bridgehead atoms. The summed E-state index contributed by atoms with van der Waals surface area (Å²) < 4.78 is 5.41. The maximum Gasteiger partial charge on any atom is 0.254 e. The van der Waals surface area contributed by atoms with Crippen LogP contribution in [0.25, 0.3) is 11.3 Å². The Morgan fingerprint density at radius 1 is 1.22 bits per heavy atom. The zero-order valence-electron chi connectivity index (χ0n) is 19.8. The van der Waals surface area contributed by atoms with Gasteiger partial charge in [0.1, 0.15) is 12.9 Å². The Balaban J connectivity index is 1.28. The summed E-state index contributed by atoms with van der Waals surface area (Å²) in [5, 5.41) is 6.64. The smallest absolute Gasteiger partial charge is 0.254 e. The van der Waals surface area contributed by atoms with Gasteiger partial charge < -0.3 is 20.3 Å². The number of anilines is 1. The highest BCUT2D eigenvalue weighted by molar-refractivity contribution is 6.33. The molecule has 2 aromatic heterocycles. The molecule has 5 rings (SSSR count). The van der Waals surface area contributed by atoms with Crippen LogP contribution < -0.4 is 10.6 Å². The lowest BCUT2D eigenvalue weighted by molar-refractivity contribution is -0.122. The van der Waals surface area contributed by atoms with Gasteiger partial charge in [0.05, 0.1) is 23.0 Å². The maximum atomic E-state index is 13.1. The van der Waals surface area contributed by atoms with E-state index in [4.69, 9.17) is 16.3 Å². The van der Waals surface area contributed by atoms with E-state index in [0.29, 0.717) is 47.6 Å². The van der Waals surface area contributed by atoms with Crippen LogP contribution >= 0.6 is 11.6 Å². The highest BCUT2D eigenvalue weighted by Gasteiger charge is 2.30. The van der Waals surface area contributed by atoms with Gasteiger partial charge in [0.25, 0.3) is 5.91 Å². The number of hydrogen-bond acceptors (Lipinski definition) is 8. The Bertz CT molecular complexity index is 1270. The van der Waals surface area contributed by atoms with Crippen molar-refractivity contribution in [2.24, 2.45) is 0 Å². The second kappa shape index (κ2) is 10.5. The summed E-state index contributed by atoms with van der Waals surface area (Å²) in [6.45, 7) is 3.57. The third-order valence-corrected chi connectivity index (χ3v) is 6.63. The third-order valence-electron chi connectivity index (χ3n) is 6.35. The first-order chi connectivity index (χ1) is 17.5. The van der Waals surface area contributed by atoms with Crippen molar-refractivity contribution in [1.82, 2.24) is 30.2 Å². The van der Waals surface area contributed by atoms with E-state index in [1.807, 2.05) is 19.1 Å². The van der Waals surface area contributed by atoms with E-state index in [2.05, 4.69) is 30.6 Å². The summed E-state index contributed by atoms with van der Waals surface area (Å²) in [6.07, 6.45) is 8.07. The van der Waals surface area contributed by atoms with Crippen molar-refractivity contribution in [3.05, 3.63) is 64.8 Å². The van der Waals surface area contributed by atoms with Crippen molar-refractivity contribution in [2.75, 3.05) is 25.1 Å². The molecular formula is C25H26ClN7O3. The quantitative estimate of drug-likeness (QED) is 0.500. The number of rotatable bonds is 7. The van der Waals surface area contributed by atoms with Crippen LogP contribution in [0.4, 0.5) is 5.95 Å². The number of ether oxygens (including phenoxy) is 1. The molecule has 1 aromatic carbocycles. The van der Waals surface area contributed by atoms with Crippen LogP contribution in [0.1, 0.15) is 47.3 Å². The number of carbonyl (C=O) groups is 2. The second-order valence-electron chi connectivity index (χ2n) is 8.92. The van der Waals surface area contributed by atoms with Gasteiger partial charge in [-0.15, -0.1) is 0 Å². The summed E-state index contributed by atoms with van der Waals surface area (Å²) in [7, 11) is 0. The number of hydrogen-bond donors (Lipinski definition) is 2. The number of nitrogens with one attached hydrogen (secondary N) is 2. The lowest BCUT2D eigenvalue weighted by Crippen LogP contribution is -2.38. The van der Waals surface area contributed by atoms with Gasteiger partial charge in [0.2, 0.25) is 11.9 Å². The first kappa shape index (κ1) is 24.1. The van der Waals surface area contributed by atoms with Gasteiger partial charge in [-0.05, 0) is 31.4 Å². The molecule has 1 saturated heterocycles. The second-order valence-corrected chi connectivity index (χ2v) is 9.32. The highest BCUT2D eigenvalue weighted by Crippen LogP contribution is 2.31. The predicted octanol–water partition coefficient (Wildman–Crippen LogP) is 3.01. The van der Waals surface area contributed by atoms with E-state index >= 15 is 0 Å². The van der Waals surface area contributed by atoms with Crippen LogP contribution in [-0.2, 0) is 16.1 Å². The number of carbonyl (C=O) groups excluding carboxylic acids is 2. The summed E-state index contributed by atoms with van der Waals surface area (Å²) >= 11 is 6.43. The molecule has 1 atom stereocenters. The SMILES string of the molecule is CC(NC(=O)CN1Cc2ccc(-c3nc(NC4CCOCC4)ncc3Cl)cc2C1=O)c1cncnc1. The van der Waals surface area contributed by atoms with Crippen LogP contribution in [-0.4, -0.2) is 62.5 Å². The van der Waals surface area contributed by atoms with Gasteiger partial charge in [-0.3, -0.25) is 9.59 Å². The number of aromatic nitrogens is 4. The molecule has 2 N–H and O–H groups in total. The topological polar surface area (TPSA) is 122 Å². The standard InChI is InChI=1S/C25H26ClN7O3/c1-15(18-9-27-14-28-10-18)30-22(34)13-33-12-17-3-2-16(8-20(17)24(33)35)23-21(26)11-29-25(32-23)31-19-4-6-36-7-5-19/h2-3,8-11,14-15,19H,4-7,12-13H2,1H3,(H,30,34)(H,29,31,32). The summed E-state index contributed by atoms with van der Waals surface area (Å²) in [5.41, 5.74) is 3.45. The number of amides is 2. The minimum Gasteiger partial charge on any atom is -0.381 e. The summed E-state index contributed by atoms with van der Waals surface area (Å²) in [6, 6.07) is 5.53. The molecule has 0 aliphatic carbocycles. The van der Waals surface area contributed by atoms with Crippen molar-refractivity contribution in [2.45, 2.75) is 38.4 Å². The van der Waals surface area contributed by atoms with Crippen LogP contribution in [0.2, 0.25) is 5.02 Å². The first-order valence-electron chi connectivity index (χ1n) is 11.8. The minimum absolute atomic E-state index is 0.0473. The Kier molecular flexibility index (Phi) is 7.06. The number of halogens is 1. The zero-order chi connectivity index (χ0) is 25.1. The molecule has 3 aromatic rings. The fraction of sp³-hybridized carbons (Fsp3) is 0.360. The molecule has 11 heteroatoms. The molecule has 0 spiro atoms. The average molecular weight is 508 g/mol. The van der Waals surface area contributed by atoms with Crippen molar-refractivity contribution in [3.8, 4) is 11.3 Å². The lowest BCUT2D eigenvalue weighted by Gasteiger charge is -2.23. The van der Waals surface area contributed by atoms with Gasteiger partial charge in [-0.25, -0.2) is 19.9 Å². The van der Waals surface area contributed by atoms with Gasteiger partial charge >= 0.3 is 0 Å². The lowest BCUT2D eigenvalue weighted by atomic mass is 10.0. The van der Waals surface area contributed by atoms with Gasteiger partial charge in [0, 0.05) is 54.9 Å². The van der Waals surface area contributed by atoms with E-state index in [-0.39, 0.29) is 30.4 Å². The molecule has 4 heterocycles. The number of nitrogens with zero attached hydrogens (tertiary/aromatic N) is 5. The van der Waals surface area contributed by atoms with E-state index < -0.39 is 0 Å². The summed E-state index contributed by atoms with van der Waals surface area (Å²) in [5.74, 6) is 0.0307. The van der Waals surface area contributed by atoms with Gasteiger partial charge in [-0.2, -0.15) is 0 Å². The zero-order valence-corrected chi connectivity index (χ0v) is 20.5. The molecule has 1 fully saturated rings. The minimum atomic E-state index is -0.269. The van der Waals surface area contributed by atoms with Gasteiger partial charge in [0.15, 0.2) is 0 Å². The van der Waals surface area contributed by atoms with Crippen molar-refractivity contribution in [3.63, 3.8) is 0 Å². The van der Waals surface area contributed by atoms with Gasteiger partial charge in [-0.1, -0.05) is 23.7 Å². The molecule has 0 radical (unpaired) electrons. The van der Waals surface area contributed by atoms with E-state index in [0.717, 1.165) is 24.0 Å². The number of fused-ring (bicyclic) bond motifs is 1. The van der Waals surface area contributed by atoms with Crippen LogP contribution in [0, 0.1) is 0 Å². The molecule has 2 amide bonds. The average Bonchev–Trinajstić information content (AvgIpc) is 3.20. The van der Waals surface area contributed by atoms with E-state index in [9.17, 15) is 9.59 Å². The van der Waals surface area contributed by atoms with E-state index in [1.165, 1.54) is 11.2 Å². The molecule has 2 aliphatic rings. The van der Waals surface area contributed by atoms with Crippen molar-refractivity contribution in [1.29, 1.82) is 0 Å². The predicted molar refractivity (Wildman–Crippen MR) is 133 cm³/mol. The Morgan fingerprint density at radius 2 is 2.00 bits per heavy atom. The van der Waals surface area contributed by atoms with Crippen LogP contribution in [0.5, 0.6) is 0 Å². The molecule has 1 unspecified atom stereocenters. The molecule has 10 nitrogen and oxygen atoms in total. The Labute approximate surface area is 213 Å². The Morgan fingerprint density at radius 3 is 2.78 bits per heavy atom. The summed E-state index contributed by atoms with van der Waals surface area (Å²) in [4.78, 5) is 44.2. The first-order valence-corrected chi connectivity index (χ1v) is 12.2. The molecule has 36 heavy (non-hydrogen) atoms. The third kappa shape index (κ3) is 5.29. The molecule has 2 aliphatic heterocycles. The highest BCUT2D eigenvalue weighted by atomic mass is 35.5. The molecular weight excluding hydrogens is 482 g/mol. The Hall–Kier alpha value is -3.63. The largest absolute Gasteiger partial charge is 0.381 e. The van der Waals surface area contributed by atoms with Crippen molar-refractivity contribution < 1.29 is 14.3 Å². The molecule has 0 saturated carbocycles. The fourth-order valence-corrected chi connectivity index (χ4v) is 4.58. The number of benzene rings is 1. The molecule has 186 valence electrons. The maximum absolute atomic E-state index is 13.1.